The maximum Gasteiger partial charge on any atom is 0.279 e. The van der Waals surface area contributed by atoms with Gasteiger partial charge in [0.25, 0.3) is 15.9 Å². The third-order valence-corrected chi connectivity index (χ3v) is 7.99. The lowest BCUT2D eigenvalue weighted by molar-refractivity contribution is 0.0998. The summed E-state index contributed by atoms with van der Waals surface area (Å²) in [5.74, 6) is -1.06. The van der Waals surface area contributed by atoms with Crippen LogP contribution in [0.25, 0.3) is 10.2 Å². The third-order valence-electron chi connectivity index (χ3n) is 4.75. The fourth-order valence-electron chi connectivity index (χ4n) is 3.15. The minimum atomic E-state index is -3.91. The zero-order valence-corrected chi connectivity index (χ0v) is 20.5. The number of carbonyl (C=O) groups excluding carboxylic acids is 1. The van der Waals surface area contributed by atoms with Crippen LogP contribution in [0.4, 0.5) is 10.1 Å². The number of anilines is 1. The number of fused-ring (bicyclic) bond motifs is 1. The molecule has 0 radical (unpaired) electrons. The first kappa shape index (κ1) is 24.2. The molecule has 0 spiro atoms. The Morgan fingerprint density at radius 2 is 1.71 bits per heavy atom. The number of benzene rings is 3. The van der Waals surface area contributed by atoms with Crippen LogP contribution in [0.15, 0.2) is 83.2 Å². The molecule has 4 aromatic rings. The van der Waals surface area contributed by atoms with Gasteiger partial charge in [0.2, 0.25) is 0 Å². The molecule has 6 nitrogen and oxygen atoms in total. The monoisotopic (exact) mass is 535 g/mol. The number of nitrogens with zero attached hydrogens (tertiary/aromatic N) is 2. The van der Waals surface area contributed by atoms with Crippen LogP contribution in [0.5, 0.6) is 0 Å². The average molecular weight is 536 g/mol. The number of halogens is 3. The number of nitrogens with one attached hydrogen (secondary N) is 1. The lowest BCUT2D eigenvalue weighted by atomic mass is 10.2. The van der Waals surface area contributed by atoms with Crippen LogP contribution in [-0.2, 0) is 16.6 Å². The molecule has 0 aliphatic heterocycles. The fourth-order valence-corrected chi connectivity index (χ4v) is 5.87. The minimum Gasteiger partial charge on any atom is -0.311 e. The van der Waals surface area contributed by atoms with Crippen molar-refractivity contribution in [2.75, 3.05) is 4.72 Å². The van der Waals surface area contributed by atoms with Crippen molar-refractivity contribution in [1.29, 1.82) is 0 Å². The normalized spacial score (nSPS) is 12.1. The molecule has 1 N–H and O–H groups in total. The molecule has 0 fully saturated rings. The van der Waals surface area contributed by atoms with Crippen molar-refractivity contribution >= 4 is 66.4 Å². The number of aromatic nitrogens is 1. The van der Waals surface area contributed by atoms with Gasteiger partial charge in [0.1, 0.15) is 5.82 Å². The standard InChI is InChI=1S/C23H16Cl2FN3O3S2/c1-2-13-29-20-18(24)11-12-19(25)21(20)33-23(29)27-22(30)14-3-7-16(8-4-14)28-34(31,32)17-9-5-15(26)6-10-17/h2-12,28H,1,13H2. The van der Waals surface area contributed by atoms with E-state index in [4.69, 9.17) is 23.2 Å². The lowest BCUT2D eigenvalue weighted by Gasteiger charge is -2.08. The molecule has 1 aromatic heterocycles. The van der Waals surface area contributed by atoms with Crippen molar-refractivity contribution in [3.8, 4) is 0 Å². The molecule has 0 bridgehead atoms. The highest BCUT2D eigenvalue weighted by Crippen LogP contribution is 2.32. The predicted molar refractivity (Wildman–Crippen MR) is 134 cm³/mol. The van der Waals surface area contributed by atoms with Crippen molar-refractivity contribution in [2.45, 2.75) is 11.4 Å². The summed E-state index contributed by atoms with van der Waals surface area (Å²) in [4.78, 5) is 17.4. The van der Waals surface area contributed by atoms with Crippen LogP contribution in [-0.4, -0.2) is 18.9 Å². The highest BCUT2D eigenvalue weighted by Gasteiger charge is 2.16. The Hall–Kier alpha value is -2.98. The fraction of sp³-hybridized carbons (Fsp3) is 0.0435. The largest absolute Gasteiger partial charge is 0.311 e. The first-order valence-corrected chi connectivity index (χ1v) is 12.8. The number of amides is 1. The number of sulfonamides is 1. The van der Waals surface area contributed by atoms with Crippen LogP contribution in [0.2, 0.25) is 10.0 Å². The summed E-state index contributed by atoms with van der Waals surface area (Å²) in [5.41, 5.74) is 1.16. The second-order valence-electron chi connectivity index (χ2n) is 7.04. The van der Waals surface area contributed by atoms with Gasteiger partial charge < -0.3 is 4.57 Å². The van der Waals surface area contributed by atoms with E-state index >= 15 is 0 Å². The molecular weight excluding hydrogens is 520 g/mol. The average Bonchev–Trinajstić information content (AvgIpc) is 3.16. The van der Waals surface area contributed by atoms with Crippen molar-refractivity contribution in [1.82, 2.24) is 4.57 Å². The van der Waals surface area contributed by atoms with E-state index in [0.717, 1.165) is 24.3 Å². The third kappa shape index (κ3) is 4.92. The Balaban J connectivity index is 1.64. The predicted octanol–water partition coefficient (Wildman–Crippen LogP) is 5.88. The van der Waals surface area contributed by atoms with Crippen LogP contribution in [0, 0.1) is 5.82 Å². The van der Waals surface area contributed by atoms with Gasteiger partial charge in [0, 0.05) is 17.8 Å². The Labute approximate surface area is 208 Å². The van der Waals surface area contributed by atoms with E-state index in [1.54, 1.807) is 22.8 Å². The van der Waals surface area contributed by atoms with E-state index in [2.05, 4.69) is 16.3 Å². The summed E-state index contributed by atoms with van der Waals surface area (Å²) in [6.07, 6.45) is 1.66. The molecule has 0 atom stereocenters. The molecule has 0 saturated carbocycles. The zero-order chi connectivity index (χ0) is 24.5. The molecule has 3 aromatic carbocycles. The van der Waals surface area contributed by atoms with Crippen molar-refractivity contribution in [3.05, 3.63) is 99.5 Å². The summed E-state index contributed by atoms with van der Waals surface area (Å²) in [5, 5.41) is 0.970. The van der Waals surface area contributed by atoms with Gasteiger partial charge in [-0.1, -0.05) is 40.6 Å². The van der Waals surface area contributed by atoms with E-state index in [1.807, 2.05) is 0 Å². The Morgan fingerprint density at radius 3 is 2.35 bits per heavy atom. The quantitative estimate of drug-likeness (QED) is 0.313. The van der Waals surface area contributed by atoms with Crippen LogP contribution < -0.4 is 9.52 Å². The van der Waals surface area contributed by atoms with E-state index < -0.39 is 21.7 Å². The number of thiazole rings is 1. The molecule has 11 heteroatoms. The summed E-state index contributed by atoms with van der Waals surface area (Å²) < 4.78 is 42.8. The molecule has 34 heavy (non-hydrogen) atoms. The van der Waals surface area contributed by atoms with Gasteiger partial charge in [-0.3, -0.25) is 9.52 Å². The number of rotatable bonds is 6. The maximum atomic E-state index is 13.1. The van der Waals surface area contributed by atoms with Crippen LogP contribution >= 0.6 is 34.5 Å². The van der Waals surface area contributed by atoms with E-state index in [9.17, 15) is 17.6 Å². The second kappa shape index (κ2) is 9.71. The van der Waals surface area contributed by atoms with Gasteiger partial charge in [-0.15, -0.1) is 6.58 Å². The van der Waals surface area contributed by atoms with E-state index in [0.29, 0.717) is 31.6 Å². The van der Waals surface area contributed by atoms with Crippen molar-refractivity contribution in [3.63, 3.8) is 0 Å². The molecule has 174 valence electrons. The molecule has 0 saturated heterocycles. The summed E-state index contributed by atoms with van der Waals surface area (Å²) in [7, 11) is -3.91. The van der Waals surface area contributed by atoms with Gasteiger partial charge in [0.15, 0.2) is 4.80 Å². The smallest absolute Gasteiger partial charge is 0.279 e. The summed E-state index contributed by atoms with van der Waals surface area (Å²) >= 11 is 13.9. The highest BCUT2D eigenvalue weighted by atomic mass is 35.5. The van der Waals surface area contributed by atoms with Gasteiger partial charge in [0.05, 0.1) is 25.2 Å². The van der Waals surface area contributed by atoms with Crippen molar-refractivity contribution < 1.29 is 17.6 Å². The zero-order valence-electron chi connectivity index (χ0n) is 17.3. The molecule has 0 aliphatic carbocycles. The van der Waals surface area contributed by atoms with Crippen LogP contribution in [0.3, 0.4) is 0 Å². The number of hydrogen-bond acceptors (Lipinski definition) is 4. The number of hydrogen-bond donors (Lipinski definition) is 1. The topological polar surface area (TPSA) is 80.5 Å². The van der Waals surface area contributed by atoms with E-state index in [1.165, 1.54) is 35.6 Å². The second-order valence-corrected chi connectivity index (χ2v) is 10.5. The minimum absolute atomic E-state index is 0.0853. The first-order valence-electron chi connectivity index (χ1n) is 9.75. The summed E-state index contributed by atoms with van der Waals surface area (Å²) in [6.45, 7) is 4.12. The van der Waals surface area contributed by atoms with Crippen molar-refractivity contribution in [2.24, 2.45) is 4.99 Å². The highest BCUT2D eigenvalue weighted by molar-refractivity contribution is 7.92. The first-order chi connectivity index (χ1) is 16.2. The van der Waals surface area contributed by atoms with Gasteiger partial charge >= 0.3 is 0 Å². The van der Waals surface area contributed by atoms with Gasteiger partial charge in [-0.25, -0.2) is 12.8 Å². The van der Waals surface area contributed by atoms with Gasteiger partial charge in [-0.2, -0.15) is 4.99 Å². The van der Waals surface area contributed by atoms with E-state index in [-0.39, 0.29) is 16.1 Å². The number of carbonyl (C=O) groups is 1. The Bertz CT molecular complexity index is 1580. The Morgan fingerprint density at radius 1 is 1.06 bits per heavy atom. The molecular formula is C23H16Cl2FN3O3S2. The molecule has 1 amide bonds. The summed E-state index contributed by atoms with van der Waals surface area (Å²) in [6, 6.07) is 13.6. The molecule has 0 unspecified atom stereocenters. The Kier molecular flexibility index (Phi) is 6.90. The molecule has 4 rings (SSSR count). The van der Waals surface area contributed by atoms with Crippen LogP contribution in [0.1, 0.15) is 10.4 Å². The van der Waals surface area contributed by atoms with Gasteiger partial charge in [-0.05, 0) is 60.7 Å². The molecule has 1 heterocycles. The lowest BCUT2D eigenvalue weighted by Crippen LogP contribution is -2.16. The maximum absolute atomic E-state index is 13.1. The molecule has 0 aliphatic rings. The number of allylic oxidation sites excluding steroid dienone is 1. The SMILES string of the molecule is C=CCn1c(=NC(=O)c2ccc(NS(=O)(=O)c3ccc(F)cc3)cc2)sc2c(Cl)ccc(Cl)c21.